The number of rotatable bonds is 3. The van der Waals surface area contributed by atoms with E-state index in [1.807, 2.05) is 0 Å². The van der Waals surface area contributed by atoms with Gasteiger partial charge in [-0.3, -0.25) is 4.79 Å². The minimum atomic E-state index is -1.23. The van der Waals surface area contributed by atoms with Crippen LogP contribution in [0.4, 0.5) is 0 Å². The lowest BCUT2D eigenvalue weighted by atomic mass is 10.1. The van der Waals surface area contributed by atoms with Crippen LogP contribution in [0.3, 0.4) is 0 Å². The van der Waals surface area contributed by atoms with E-state index in [1.54, 1.807) is 6.26 Å². The van der Waals surface area contributed by atoms with Crippen LogP contribution in [-0.2, 0) is 4.74 Å². The fraction of sp³-hybridized carbons (Fsp3) is 0.545. The Balaban J connectivity index is 2.09. The fourth-order valence-electron chi connectivity index (χ4n) is 2.25. The third-order valence-corrected chi connectivity index (χ3v) is 4.77. The molecule has 4 N–H and O–H groups in total. The lowest BCUT2D eigenvalue weighted by molar-refractivity contribution is -0.0233. The van der Waals surface area contributed by atoms with Crippen molar-refractivity contribution >= 4 is 33.5 Å². The first-order valence-electron chi connectivity index (χ1n) is 6.12. The number of hydrogen-bond donors (Lipinski definition) is 4. The van der Waals surface area contributed by atoms with Gasteiger partial charge in [0.05, 0.1) is 6.61 Å². The van der Waals surface area contributed by atoms with Crippen molar-refractivity contribution in [2.75, 3.05) is 12.9 Å². The van der Waals surface area contributed by atoms with Crippen molar-refractivity contribution in [3.63, 3.8) is 0 Å². The van der Waals surface area contributed by atoms with Crippen LogP contribution in [0.1, 0.15) is 11.8 Å². The van der Waals surface area contributed by atoms with Crippen LogP contribution in [0.25, 0.3) is 10.2 Å². The summed E-state index contributed by atoms with van der Waals surface area (Å²) < 4.78 is 9.91. The Hall–Kier alpha value is -1.04. The number of aliphatic hydroxyl groups excluding tert-OH is 3. The van der Waals surface area contributed by atoms with Gasteiger partial charge in [-0.25, -0.2) is 4.98 Å². The highest BCUT2D eigenvalue weighted by Crippen LogP contribution is 2.36. The van der Waals surface area contributed by atoms with Gasteiger partial charge >= 0.3 is 0 Å². The number of nitrogens with one attached hydrogen (secondary N) is 1. The number of nitrogens with zero attached hydrogens (tertiary/aromatic N) is 2. The summed E-state index contributed by atoms with van der Waals surface area (Å²) in [6, 6.07) is 0. The van der Waals surface area contributed by atoms with Gasteiger partial charge in [0, 0.05) is 0 Å². The number of aliphatic hydroxyl groups is 3. The molecule has 1 fully saturated rings. The molecule has 2 aromatic rings. The molecule has 1 aliphatic heterocycles. The maximum Gasteiger partial charge on any atom is 0.271 e. The quantitative estimate of drug-likeness (QED) is 0.427. The second-order valence-corrected chi connectivity index (χ2v) is 6.15. The number of ether oxygens (including phenoxy) is 1. The third-order valence-electron chi connectivity index (χ3n) is 3.34. The molecule has 4 atom stereocenters. The van der Waals surface area contributed by atoms with Gasteiger partial charge < -0.3 is 25.0 Å². The van der Waals surface area contributed by atoms with E-state index in [0.29, 0.717) is 21.1 Å². The summed E-state index contributed by atoms with van der Waals surface area (Å²) in [4.78, 5) is 18.8. The molecule has 1 aliphatic rings. The van der Waals surface area contributed by atoms with E-state index in [4.69, 9.17) is 9.84 Å². The smallest absolute Gasteiger partial charge is 0.271 e. The molecule has 10 heteroatoms. The zero-order valence-corrected chi connectivity index (χ0v) is 12.5. The Morgan fingerprint density at radius 2 is 2.19 bits per heavy atom. The highest BCUT2D eigenvalue weighted by Gasteiger charge is 2.45. The molecule has 0 spiro atoms. The standard InChI is InChI=1S/C11H13N3O5S2/c1-20-11-12-5-4(14-21-9(5)10(18)13-11)8-7(17)6(16)3(2-15)19-8/h3,6-8,15-17H,2H2,1H3,(H,12,13,18)/t3-,6-,7-,8-/m1/s1. The van der Waals surface area contributed by atoms with Crippen molar-refractivity contribution in [3.8, 4) is 0 Å². The van der Waals surface area contributed by atoms with Crippen molar-refractivity contribution < 1.29 is 20.1 Å². The summed E-state index contributed by atoms with van der Waals surface area (Å²) in [6.45, 7) is -0.416. The lowest BCUT2D eigenvalue weighted by Crippen LogP contribution is -2.32. The van der Waals surface area contributed by atoms with Crippen LogP contribution < -0.4 is 5.56 Å². The van der Waals surface area contributed by atoms with Crippen molar-refractivity contribution in [1.29, 1.82) is 0 Å². The largest absolute Gasteiger partial charge is 0.394 e. The molecular formula is C11H13N3O5S2. The summed E-state index contributed by atoms with van der Waals surface area (Å²) >= 11 is 2.23. The Morgan fingerprint density at radius 1 is 1.43 bits per heavy atom. The molecule has 8 nitrogen and oxygen atoms in total. The van der Waals surface area contributed by atoms with E-state index in [0.717, 1.165) is 11.5 Å². The van der Waals surface area contributed by atoms with Gasteiger partial charge in [0.25, 0.3) is 5.56 Å². The number of thioether (sulfide) groups is 1. The van der Waals surface area contributed by atoms with Gasteiger partial charge in [0.1, 0.15) is 40.3 Å². The van der Waals surface area contributed by atoms with Crippen molar-refractivity contribution in [2.24, 2.45) is 0 Å². The number of H-pyrrole nitrogens is 1. The number of aromatic amines is 1. The zero-order chi connectivity index (χ0) is 15.1. The summed E-state index contributed by atoms with van der Waals surface area (Å²) in [7, 11) is 0. The van der Waals surface area contributed by atoms with Gasteiger partial charge in [-0.15, -0.1) is 0 Å². The first-order chi connectivity index (χ1) is 10.1. The van der Waals surface area contributed by atoms with Crippen LogP contribution >= 0.6 is 23.3 Å². The van der Waals surface area contributed by atoms with Crippen molar-refractivity contribution in [3.05, 3.63) is 16.0 Å². The third kappa shape index (κ3) is 2.37. The first-order valence-corrected chi connectivity index (χ1v) is 8.12. The van der Waals surface area contributed by atoms with Crippen LogP contribution in [0.15, 0.2) is 9.95 Å². The molecule has 0 radical (unpaired) electrons. The van der Waals surface area contributed by atoms with Crippen molar-refractivity contribution in [1.82, 2.24) is 14.3 Å². The maximum atomic E-state index is 11.9. The average Bonchev–Trinajstić information content (AvgIpc) is 3.02. The molecule has 0 bridgehead atoms. The van der Waals surface area contributed by atoms with E-state index in [2.05, 4.69) is 14.3 Å². The Labute approximate surface area is 127 Å². The molecular weight excluding hydrogens is 318 g/mol. The summed E-state index contributed by atoms with van der Waals surface area (Å²) in [6.07, 6.45) is -2.47. The van der Waals surface area contributed by atoms with Crippen LogP contribution in [0.2, 0.25) is 0 Å². The van der Waals surface area contributed by atoms with E-state index < -0.39 is 31.0 Å². The predicted octanol–water partition coefficient (Wildman–Crippen LogP) is -0.745. The molecule has 0 unspecified atom stereocenters. The van der Waals surface area contributed by atoms with Gasteiger partial charge in [0.15, 0.2) is 5.16 Å². The number of aromatic nitrogens is 3. The monoisotopic (exact) mass is 331 g/mol. The Morgan fingerprint density at radius 3 is 2.81 bits per heavy atom. The van der Waals surface area contributed by atoms with Crippen LogP contribution in [0, 0.1) is 0 Å². The summed E-state index contributed by atoms with van der Waals surface area (Å²) in [5.74, 6) is 0. The minimum absolute atomic E-state index is 0.305. The molecule has 0 aliphatic carbocycles. The van der Waals surface area contributed by atoms with Crippen LogP contribution in [0.5, 0.6) is 0 Å². The fourth-order valence-corrected chi connectivity index (χ4v) is 3.37. The topological polar surface area (TPSA) is 129 Å². The van der Waals surface area contributed by atoms with Gasteiger partial charge in [-0.2, -0.15) is 4.37 Å². The molecule has 3 rings (SSSR count). The van der Waals surface area contributed by atoms with Gasteiger partial charge in [0.2, 0.25) is 0 Å². The predicted molar refractivity (Wildman–Crippen MR) is 76.5 cm³/mol. The molecule has 0 aromatic carbocycles. The highest BCUT2D eigenvalue weighted by atomic mass is 32.2. The number of fused-ring (bicyclic) bond motifs is 1. The lowest BCUT2D eigenvalue weighted by Gasteiger charge is -2.12. The van der Waals surface area contributed by atoms with Gasteiger partial charge in [-0.05, 0) is 17.8 Å². The molecule has 1 saturated heterocycles. The Kier molecular flexibility index (Phi) is 3.99. The summed E-state index contributed by atoms with van der Waals surface area (Å²) in [5, 5.41) is 29.4. The highest BCUT2D eigenvalue weighted by molar-refractivity contribution is 7.98. The molecule has 2 aromatic heterocycles. The maximum absolute atomic E-state index is 11.9. The molecule has 0 saturated carbocycles. The SMILES string of the molecule is CSc1nc2c([C@H]3O[C@H](CO)[C@@H](O)[C@H]3O)nsc2c(=O)[nH]1. The second-order valence-electron chi connectivity index (χ2n) is 4.58. The van der Waals surface area contributed by atoms with Gasteiger partial charge in [-0.1, -0.05) is 11.8 Å². The first kappa shape index (κ1) is 14.9. The molecule has 114 valence electrons. The average molecular weight is 331 g/mol. The normalized spacial score (nSPS) is 29.3. The van der Waals surface area contributed by atoms with Crippen molar-refractivity contribution in [2.45, 2.75) is 29.6 Å². The summed E-state index contributed by atoms with van der Waals surface area (Å²) in [5.41, 5.74) is 0.349. The van der Waals surface area contributed by atoms with E-state index in [-0.39, 0.29) is 5.56 Å². The number of hydrogen-bond acceptors (Lipinski definition) is 9. The molecule has 0 amide bonds. The molecule has 21 heavy (non-hydrogen) atoms. The zero-order valence-electron chi connectivity index (χ0n) is 10.9. The molecule has 3 heterocycles. The van der Waals surface area contributed by atoms with E-state index in [9.17, 15) is 15.0 Å². The second kappa shape index (κ2) is 5.63. The van der Waals surface area contributed by atoms with E-state index in [1.165, 1.54) is 11.8 Å². The van der Waals surface area contributed by atoms with E-state index >= 15 is 0 Å². The Bertz CT molecular complexity index is 717. The van der Waals surface area contributed by atoms with Crippen LogP contribution in [-0.4, -0.2) is 60.8 Å². The minimum Gasteiger partial charge on any atom is -0.394 e.